The molecular weight excluding hydrogens is 270 g/mol. The molecule has 9 heteroatoms. The highest BCUT2D eigenvalue weighted by molar-refractivity contribution is 7.89. The number of carbonyl (C=O) groups excluding carboxylic acids is 1. The lowest BCUT2D eigenvalue weighted by Crippen LogP contribution is -2.32. The summed E-state index contributed by atoms with van der Waals surface area (Å²) in [5.74, 6) is -0.274. The summed E-state index contributed by atoms with van der Waals surface area (Å²) in [7, 11) is -3.71. The van der Waals surface area contributed by atoms with E-state index in [4.69, 9.17) is 5.14 Å². The Morgan fingerprint density at radius 1 is 1.42 bits per heavy atom. The Labute approximate surface area is 108 Å². The average Bonchev–Trinajstić information content (AvgIpc) is 2.92. The molecule has 0 aliphatic carbocycles. The smallest absolute Gasteiger partial charge is 0.228 e. The summed E-state index contributed by atoms with van der Waals surface area (Å²) in [6.45, 7) is 0.0582. The van der Waals surface area contributed by atoms with Crippen LogP contribution in [0.5, 0.6) is 0 Å². The van der Waals surface area contributed by atoms with E-state index >= 15 is 0 Å². The van der Waals surface area contributed by atoms with Crippen molar-refractivity contribution in [2.75, 3.05) is 11.4 Å². The van der Waals surface area contributed by atoms with Crippen LogP contribution >= 0.6 is 0 Å². The molecule has 1 fully saturated rings. The van der Waals surface area contributed by atoms with Crippen molar-refractivity contribution in [1.29, 1.82) is 0 Å². The molecule has 0 bridgehead atoms. The number of sulfonamides is 1. The lowest BCUT2D eigenvalue weighted by Gasteiger charge is -2.15. The number of hydrogen-bond donors (Lipinski definition) is 2. The predicted molar refractivity (Wildman–Crippen MR) is 67.8 cm³/mol. The van der Waals surface area contributed by atoms with Crippen LogP contribution in [0.15, 0.2) is 18.5 Å². The van der Waals surface area contributed by atoms with Crippen LogP contribution in [0.4, 0.5) is 5.69 Å². The van der Waals surface area contributed by atoms with E-state index in [0.29, 0.717) is 11.3 Å². The van der Waals surface area contributed by atoms with Crippen LogP contribution in [0.1, 0.15) is 6.42 Å². The molecule has 0 aromatic carbocycles. The maximum absolute atomic E-state index is 11.9. The fourth-order valence-electron chi connectivity index (χ4n) is 2.12. The van der Waals surface area contributed by atoms with Gasteiger partial charge in [-0.2, -0.15) is 5.10 Å². The van der Waals surface area contributed by atoms with Crippen molar-refractivity contribution >= 4 is 32.7 Å². The number of pyridine rings is 1. The van der Waals surface area contributed by atoms with Gasteiger partial charge < -0.3 is 4.90 Å². The number of aromatic amines is 1. The SMILES string of the molecule is NS(=O)(=O)C1CC(=O)N(c2cnc3[nH]ncc3c2)C1. The molecule has 1 aliphatic heterocycles. The lowest BCUT2D eigenvalue weighted by atomic mass is 10.3. The van der Waals surface area contributed by atoms with Gasteiger partial charge >= 0.3 is 0 Å². The zero-order valence-electron chi connectivity index (χ0n) is 9.78. The highest BCUT2D eigenvalue weighted by Crippen LogP contribution is 2.25. The number of hydrogen-bond acceptors (Lipinski definition) is 5. The van der Waals surface area contributed by atoms with Crippen molar-refractivity contribution in [3.63, 3.8) is 0 Å². The van der Waals surface area contributed by atoms with Gasteiger partial charge in [0.15, 0.2) is 5.65 Å². The highest BCUT2D eigenvalue weighted by Gasteiger charge is 2.37. The molecule has 0 radical (unpaired) electrons. The molecule has 3 rings (SSSR count). The van der Waals surface area contributed by atoms with Crippen molar-refractivity contribution < 1.29 is 13.2 Å². The van der Waals surface area contributed by atoms with E-state index < -0.39 is 15.3 Å². The summed E-state index contributed by atoms with van der Waals surface area (Å²) in [5.41, 5.74) is 1.16. The molecule has 0 spiro atoms. The minimum absolute atomic E-state index is 0.0582. The van der Waals surface area contributed by atoms with E-state index in [1.165, 1.54) is 11.1 Å². The Morgan fingerprint density at radius 2 is 2.21 bits per heavy atom. The second-order valence-electron chi connectivity index (χ2n) is 4.42. The summed E-state index contributed by atoms with van der Waals surface area (Å²) in [6, 6.07) is 1.73. The molecule has 8 nitrogen and oxygen atoms in total. The van der Waals surface area contributed by atoms with Gasteiger partial charge in [-0.3, -0.25) is 9.89 Å². The number of fused-ring (bicyclic) bond motifs is 1. The van der Waals surface area contributed by atoms with E-state index in [1.54, 1.807) is 12.3 Å². The third-order valence-corrected chi connectivity index (χ3v) is 4.39. The van der Waals surface area contributed by atoms with Gasteiger partial charge in [-0.1, -0.05) is 0 Å². The van der Waals surface area contributed by atoms with Gasteiger partial charge in [-0.25, -0.2) is 18.5 Å². The first-order valence-corrected chi connectivity index (χ1v) is 7.17. The monoisotopic (exact) mass is 281 g/mol. The minimum atomic E-state index is -3.71. The van der Waals surface area contributed by atoms with Gasteiger partial charge in [0.05, 0.1) is 18.1 Å². The molecule has 3 heterocycles. The zero-order valence-corrected chi connectivity index (χ0v) is 10.6. The van der Waals surface area contributed by atoms with Crippen LogP contribution in [-0.2, 0) is 14.8 Å². The molecule has 3 N–H and O–H groups in total. The Morgan fingerprint density at radius 3 is 2.89 bits per heavy atom. The number of aromatic nitrogens is 3. The number of nitrogens with one attached hydrogen (secondary N) is 1. The summed E-state index contributed by atoms with van der Waals surface area (Å²) in [6.07, 6.45) is 3.00. The number of primary sulfonamides is 1. The van der Waals surface area contributed by atoms with Gasteiger partial charge in [0.25, 0.3) is 0 Å². The molecule has 1 atom stereocenters. The predicted octanol–water partition coefficient (Wildman–Crippen LogP) is -0.648. The molecule has 2 aromatic rings. The summed E-state index contributed by atoms with van der Waals surface area (Å²) in [4.78, 5) is 17.4. The standard InChI is InChI=1S/C10H11N5O3S/c11-19(17,18)8-2-9(16)15(5-8)7-1-6-3-13-14-10(6)12-4-7/h1,3-4,8H,2,5H2,(H2,11,17,18)(H,12,13,14). The Balaban J connectivity index is 1.96. The molecule has 100 valence electrons. The Hall–Kier alpha value is -2.00. The highest BCUT2D eigenvalue weighted by atomic mass is 32.2. The van der Waals surface area contributed by atoms with Gasteiger partial charge in [0.1, 0.15) is 5.25 Å². The third-order valence-electron chi connectivity index (χ3n) is 3.14. The van der Waals surface area contributed by atoms with Gasteiger partial charge in [0.2, 0.25) is 15.9 Å². The van der Waals surface area contributed by atoms with Crippen LogP contribution in [0.25, 0.3) is 11.0 Å². The molecule has 1 unspecified atom stereocenters. The maximum Gasteiger partial charge on any atom is 0.228 e. The fraction of sp³-hybridized carbons (Fsp3) is 0.300. The summed E-state index contributed by atoms with van der Waals surface area (Å²) < 4.78 is 22.6. The van der Waals surface area contributed by atoms with Crippen LogP contribution < -0.4 is 10.0 Å². The summed E-state index contributed by atoms with van der Waals surface area (Å²) >= 11 is 0. The lowest BCUT2D eigenvalue weighted by molar-refractivity contribution is -0.117. The first kappa shape index (κ1) is 12.1. The first-order valence-electron chi connectivity index (χ1n) is 5.56. The van der Waals surface area contributed by atoms with Crippen molar-refractivity contribution in [1.82, 2.24) is 15.2 Å². The molecule has 1 aliphatic rings. The van der Waals surface area contributed by atoms with Crippen LogP contribution in [0.3, 0.4) is 0 Å². The van der Waals surface area contributed by atoms with Crippen molar-refractivity contribution in [2.45, 2.75) is 11.7 Å². The van der Waals surface area contributed by atoms with Crippen LogP contribution in [0, 0.1) is 0 Å². The van der Waals surface area contributed by atoms with E-state index in [-0.39, 0.29) is 18.9 Å². The average molecular weight is 281 g/mol. The summed E-state index contributed by atoms with van der Waals surface area (Å²) in [5, 5.41) is 11.5. The number of anilines is 1. The molecule has 19 heavy (non-hydrogen) atoms. The second kappa shape index (κ2) is 4.00. The number of nitrogens with two attached hydrogens (primary N) is 1. The van der Waals surface area contributed by atoms with Gasteiger partial charge in [-0.15, -0.1) is 0 Å². The largest absolute Gasteiger partial charge is 0.309 e. The van der Waals surface area contributed by atoms with Crippen LogP contribution in [0.2, 0.25) is 0 Å². The van der Waals surface area contributed by atoms with E-state index in [1.807, 2.05) is 0 Å². The molecule has 1 amide bonds. The molecule has 0 saturated carbocycles. The number of H-pyrrole nitrogens is 1. The first-order chi connectivity index (χ1) is 8.95. The van der Waals surface area contributed by atoms with E-state index in [9.17, 15) is 13.2 Å². The molecule has 2 aromatic heterocycles. The quantitative estimate of drug-likeness (QED) is 0.757. The normalized spacial score (nSPS) is 20.4. The van der Waals surface area contributed by atoms with Crippen molar-refractivity contribution in [3.05, 3.63) is 18.5 Å². The van der Waals surface area contributed by atoms with Gasteiger partial charge in [0, 0.05) is 18.4 Å². The van der Waals surface area contributed by atoms with Gasteiger partial charge in [-0.05, 0) is 6.07 Å². The Bertz CT molecular complexity index is 753. The number of carbonyl (C=O) groups is 1. The third kappa shape index (κ3) is 2.06. The number of rotatable bonds is 2. The van der Waals surface area contributed by atoms with Crippen molar-refractivity contribution in [2.24, 2.45) is 5.14 Å². The molecular formula is C10H11N5O3S. The minimum Gasteiger partial charge on any atom is -0.309 e. The van der Waals surface area contributed by atoms with E-state index in [2.05, 4.69) is 15.2 Å². The fourth-order valence-corrected chi connectivity index (χ4v) is 2.85. The zero-order chi connectivity index (χ0) is 13.6. The van der Waals surface area contributed by atoms with Crippen LogP contribution in [-0.4, -0.2) is 41.3 Å². The molecule has 1 saturated heterocycles. The number of nitrogens with zero attached hydrogens (tertiary/aromatic N) is 3. The topological polar surface area (TPSA) is 122 Å². The maximum atomic E-state index is 11.9. The van der Waals surface area contributed by atoms with E-state index in [0.717, 1.165) is 5.39 Å². The van der Waals surface area contributed by atoms with Crippen molar-refractivity contribution in [3.8, 4) is 0 Å². The second-order valence-corrected chi connectivity index (χ2v) is 6.27. The Kier molecular flexibility index (Phi) is 2.54. The number of amides is 1.